The van der Waals surface area contributed by atoms with E-state index in [1.807, 2.05) is 32.0 Å². The summed E-state index contributed by atoms with van der Waals surface area (Å²) in [6, 6.07) is 8.82. The zero-order valence-corrected chi connectivity index (χ0v) is 12.8. The van der Waals surface area contributed by atoms with Gasteiger partial charge in [0.25, 0.3) is 5.91 Å². The Labute approximate surface area is 129 Å². The zero-order valence-electron chi connectivity index (χ0n) is 12.8. The summed E-state index contributed by atoms with van der Waals surface area (Å²) in [4.78, 5) is 27.8. The number of pyridine rings is 1. The van der Waals surface area contributed by atoms with E-state index < -0.39 is 12.1 Å². The van der Waals surface area contributed by atoms with Crippen molar-refractivity contribution in [2.45, 2.75) is 26.9 Å². The third-order valence-electron chi connectivity index (χ3n) is 3.06. The number of amides is 1. The molecule has 5 heteroatoms. The van der Waals surface area contributed by atoms with Crippen molar-refractivity contribution < 1.29 is 14.3 Å². The number of nitrogens with one attached hydrogen (secondary N) is 1. The summed E-state index contributed by atoms with van der Waals surface area (Å²) in [7, 11) is 0. The lowest BCUT2D eigenvalue weighted by molar-refractivity contribution is -0.123. The summed E-state index contributed by atoms with van der Waals surface area (Å²) in [5, 5.41) is 2.75. The molecule has 2 aromatic rings. The van der Waals surface area contributed by atoms with Gasteiger partial charge in [-0.05, 0) is 56.2 Å². The molecule has 1 aromatic heterocycles. The number of anilines is 1. The predicted octanol–water partition coefficient (Wildman–Crippen LogP) is 2.88. The fourth-order valence-corrected chi connectivity index (χ4v) is 2.06. The molecule has 0 aliphatic rings. The number of carbonyl (C=O) groups excluding carboxylic acids is 2. The van der Waals surface area contributed by atoms with Gasteiger partial charge in [-0.15, -0.1) is 0 Å². The van der Waals surface area contributed by atoms with E-state index in [-0.39, 0.29) is 5.91 Å². The first-order chi connectivity index (χ1) is 10.5. The highest BCUT2D eigenvalue weighted by molar-refractivity contribution is 5.97. The van der Waals surface area contributed by atoms with Gasteiger partial charge in [-0.25, -0.2) is 4.79 Å². The summed E-state index contributed by atoms with van der Waals surface area (Å²) in [6.45, 7) is 5.45. The number of esters is 1. The van der Waals surface area contributed by atoms with Crippen LogP contribution in [0.1, 0.15) is 28.4 Å². The standard InChI is InChI=1S/C17H18N2O3/c1-11-8-12(2)10-15(9-11)19-16(20)13(3)22-17(21)14-4-6-18-7-5-14/h4-10,13H,1-3H3,(H,19,20). The quantitative estimate of drug-likeness (QED) is 0.881. The monoisotopic (exact) mass is 298 g/mol. The second-order valence-electron chi connectivity index (χ2n) is 5.15. The summed E-state index contributed by atoms with van der Waals surface area (Å²) >= 11 is 0. The molecule has 0 saturated heterocycles. The number of ether oxygens (including phenoxy) is 1. The Balaban J connectivity index is 1.99. The lowest BCUT2D eigenvalue weighted by Gasteiger charge is -2.14. The first-order valence-corrected chi connectivity index (χ1v) is 6.96. The van der Waals surface area contributed by atoms with E-state index in [4.69, 9.17) is 4.74 Å². The van der Waals surface area contributed by atoms with Crippen LogP contribution in [0.3, 0.4) is 0 Å². The van der Waals surface area contributed by atoms with Crippen LogP contribution in [-0.2, 0) is 9.53 Å². The molecule has 1 unspecified atom stereocenters. The largest absolute Gasteiger partial charge is 0.449 e. The van der Waals surface area contributed by atoms with Crippen LogP contribution in [0.25, 0.3) is 0 Å². The van der Waals surface area contributed by atoms with Crippen LogP contribution in [0.5, 0.6) is 0 Å². The van der Waals surface area contributed by atoms with Gasteiger partial charge in [0, 0.05) is 18.1 Å². The summed E-state index contributed by atoms with van der Waals surface area (Å²) in [5.74, 6) is -0.919. The van der Waals surface area contributed by atoms with Crippen molar-refractivity contribution in [1.82, 2.24) is 4.98 Å². The number of nitrogens with zero attached hydrogens (tertiary/aromatic N) is 1. The van der Waals surface area contributed by atoms with Gasteiger partial charge in [0.15, 0.2) is 6.10 Å². The molecule has 22 heavy (non-hydrogen) atoms. The molecule has 2 rings (SSSR count). The highest BCUT2D eigenvalue weighted by Gasteiger charge is 2.19. The summed E-state index contributed by atoms with van der Waals surface area (Å²) < 4.78 is 5.15. The van der Waals surface area contributed by atoms with Crippen molar-refractivity contribution in [2.24, 2.45) is 0 Å². The first kappa shape index (κ1) is 15.7. The van der Waals surface area contributed by atoms with Crippen LogP contribution in [0, 0.1) is 13.8 Å². The van der Waals surface area contributed by atoms with Gasteiger partial charge < -0.3 is 10.1 Å². The average molecular weight is 298 g/mol. The molecule has 1 amide bonds. The van der Waals surface area contributed by atoms with E-state index in [1.54, 1.807) is 0 Å². The number of hydrogen-bond acceptors (Lipinski definition) is 4. The Kier molecular flexibility index (Phi) is 4.88. The molecule has 1 aromatic carbocycles. The van der Waals surface area contributed by atoms with Gasteiger partial charge in [-0.3, -0.25) is 9.78 Å². The zero-order chi connectivity index (χ0) is 16.1. The van der Waals surface area contributed by atoms with Crippen LogP contribution in [0.15, 0.2) is 42.7 Å². The van der Waals surface area contributed by atoms with Gasteiger partial charge >= 0.3 is 5.97 Å². The SMILES string of the molecule is Cc1cc(C)cc(NC(=O)C(C)OC(=O)c2ccncc2)c1. The summed E-state index contributed by atoms with van der Waals surface area (Å²) in [5.41, 5.74) is 3.16. The minimum atomic E-state index is -0.888. The fraction of sp³-hybridized carbons (Fsp3) is 0.235. The van der Waals surface area contributed by atoms with Gasteiger partial charge in [0.05, 0.1) is 5.56 Å². The summed E-state index contributed by atoms with van der Waals surface area (Å²) in [6.07, 6.45) is 2.11. The van der Waals surface area contributed by atoms with E-state index in [2.05, 4.69) is 10.3 Å². The van der Waals surface area contributed by atoms with E-state index in [0.717, 1.165) is 11.1 Å². The Morgan fingerprint density at radius 1 is 1.09 bits per heavy atom. The van der Waals surface area contributed by atoms with Gasteiger partial charge in [-0.2, -0.15) is 0 Å². The maximum Gasteiger partial charge on any atom is 0.339 e. The fourth-order valence-electron chi connectivity index (χ4n) is 2.06. The normalized spacial score (nSPS) is 11.6. The molecule has 114 valence electrons. The van der Waals surface area contributed by atoms with Crippen LogP contribution in [0.2, 0.25) is 0 Å². The molecule has 0 spiro atoms. The molecular weight excluding hydrogens is 280 g/mol. The minimum Gasteiger partial charge on any atom is -0.449 e. The molecule has 1 N–H and O–H groups in total. The lowest BCUT2D eigenvalue weighted by Crippen LogP contribution is -2.30. The topological polar surface area (TPSA) is 68.3 Å². The second-order valence-corrected chi connectivity index (χ2v) is 5.15. The highest BCUT2D eigenvalue weighted by atomic mass is 16.5. The molecule has 1 heterocycles. The van der Waals surface area contributed by atoms with Crippen molar-refractivity contribution in [3.63, 3.8) is 0 Å². The highest BCUT2D eigenvalue weighted by Crippen LogP contribution is 2.14. The third-order valence-corrected chi connectivity index (χ3v) is 3.06. The van der Waals surface area contributed by atoms with Gasteiger partial charge in [0.1, 0.15) is 0 Å². The molecule has 5 nitrogen and oxygen atoms in total. The van der Waals surface area contributed by atoms with E-state index in [1.165, 1.54) is 31.5 Å². The van der Waals surface area contributed by atoms with Crippen LogP contribution in [0.4, 0.5) is 5.69 Å². The molecule has 0 saturated carbocycles. The van der Waals surface area contributed by atoms with Gasteiger partial charge in [-0.1, -0.05) is 6.07 Å². The third kappa shape index (κ3) is 4.15. The van der Waals surface area contributed by atoms with E-state index >= 15 is 0 Å². The Morgan fingerprint density at radius 3 is 2.27 bits per heavy atom. The molecule has 0 fully saturated rings. The van der Waals surface area contributed by atoms with Crippen molar-refractivity contribution in [3.05, 3.63) is 59.4 Å². The molecular formula is C17H18N2O3. The number of hydrogen-bond donors (Lipinski definition) is 1. The number of aryl methyl sites for hydroxylation is 2. The second kappa shape index (κ2) is 6.85. The smallest absolute Gasteiger partial charge is 0.339 e. The molecule has 0 bridgehead atoms. The average Bonchev–Trinajstić information content (AvgIpc) is 2.46. The molecule has 1 atom stereocenters. The van der Waals surface area contributed by atoms with E-state index in [0.29, 0.717) is 11.3 Å². The Hall–Kier alpha value is -2.69. The van der Waals surface area contributed by atoms with Crippen molar-refractivity contribution in [1.29, 1.82) is 0 Å². The Bertz CT molecular complexity index is 663. The van der Waals surface area contributed by atoms with Crippen LogP contribution >= 0.6 is 0 Å². The van der Waals surface area contributed by atoms with Crippen molar-refractivity contribution >= 4 is 17.6 Å². The van der Waals surface area contributed by atoms with E-state index in [9.17, 15) is 9.59 Å². The first-order valence-electron chi connectivity index (χ1n) is 6.96. The molecule has 0 radical (unpaired) electrons. The maximum absolute atomic E-state index is 12.1. The van der Waals surface area contributed by atoms with Crippen molar-refractivity contribution in [2.75, 3.05) is 5.32 Å². The number of carbonyl (C=O) groups is 2. The Morgan fingerprint density at radius 2 is 1.68 bits per heavy atom. The van der Waals surface area contributed by atoms with Gasteiger partial charge in [0.2, 0.25) is 0 Å². The minimum absolute atomic E-state index is 0.362. The van der Waals surface area contributed by atoms with Crippen molar-refractivity contribution in [3.8, 4) is 0 Å². The maximum atomic E-state index is 12.1. The molecule has 0 aliphatic heterocycles. The predicted molar refractivity (Wildman–Crippen MR) is 83.7 cm³/mol. The number of benzene rings is 1. The van der Waals surface area contributed by atoms with Crippen LogP contribution in [-0.4, -0.2) is 23.0 Å². The lowest BCUT2D eigenvalue weighted by atomic mass is 10.1. The number of rotatable bonds is 4. The number of aromatic nitrogens is 1. The van der Waals surface area contributed by atoms with Crippen LogP contribution < -0.4 is 5.32 Å². The molecule has 0 aliphatic carbocycles.